The molecule has 6 heteroatoms. The minimum Gasteiger partial charge on any atom is -0.481 e. The molecular formula is C13H14FNO3S. The summed E-state index contributed by atoms with van der Waals surface area (Å²) in [6.07, 6.45) is -0.135. The van der Waals surface area contributed by atoms with Crippen LogP contribution in [0.4, 0.5) is 4.39 Å². The molecule has 1 heterocycles. The maximum atomic E-state index is 13.8. The van der Waals surface area contributed by atoms with Crippen molar-refractivity contribution in [2.75, 3.05) is 6.54 Å². The summed E-state index contributed by atoms with van der Waals surface area (Å²) in [7, 11) is 0. The quantitative estimate of drug-likeness (QED) is 0.921. The van der Waals surface area contributed by atoms with Gasteiger partial charge >= 0.3 is 5.97 Å². The van der Waals surface area contributed by atoms with E-state index in [2.05, 4.69) is 0 Å². The second kappa shape index (κ2) is 5.61. The van der Waals surface area contributed by atoms with Gasteiger partial charge in [-0.15, -0.1) is 11.8 Å². The lowest BCUT2D eigenvalue weighted by molar-refractivity contribution is -0.138. The number of rotatable bonds is 4. The van der Waals surface area contributed by atoms with Crippen LogP contribution in [0.15, 0.2) is 24.3 Å². The Morgan fingerprint density at radius 2 is 2.16 bits per heavy atom. The molecule has 1 N–H and O–H groups in total. The van der Waals surface area contributed by atoms with Gasteiger partial charge in [0.2, 0.25) is 5.91 Å². The van der Waals surface area contributed by atoms with Crippen molar-refractivity contribution in [2.24, 2.45) is 0 Å². The fourth-order valence-corrected chi connectivity index (χ4v) is 3.37. The van der Waals surface area contributed by atoms with Crippen molar-refractivity contribution < 1.29 is 19.1 Å². The molecule has 4 nitrogen and oxygen atoms in total. The van der Waals surface area contributed by atoms with Crippen molar-refractivity contribution in [3.63, 3.8) is 0 Å². The normalized spacial score (nSPS) is 22.8. The highest BCUT2D eigenvalue weighted by molar-refractivity contribution is 8.01. The summed E-state index contributed by atoms with van der Waals surface area (Å²) in [6, 6.07) is 6.28. The fraction of sp³-hybridized carbons (Fsp3) is 0.385. The van der Waals surface area contributed by atoms with Crippen LogP contribution in [0.2, 0.25) is 0 Å². The monoisotopic (exact) mass is 283 g/mol. The number of amides is 1. The van der Waals surface area contributed by atoms with E-state index in [9.17, 15) is 14.0 Å². The smallest absolute Gasteiger partial charge is 0.305 e. The topological polar surface area (TPSA) is 57.6 Å². The molecule has 1 saturated heterocycles. The van der Waals surface area contributed by atoms with Gasteiger partial charge in [-0.3, -0.25) is 9.59 Å². The van der Waals surface area contributed by atoms with E-state index >= 15 is 0 Å². The van der Waals surface area contributed by atoms with Crippen LogP contribution < -0.4 is 0 Å². The van der Waals surface area contributed by atoms with E-state index in [-0.39, 0.29) is 29.9 Å². The Balaban J connectivity index is 2.25. The first-order chi connectivity index (χ1) is 9.00. The van der Waals surface area contributed by atoms with Crippen LogP contribution in [0.25, 0.3) is 0 Å². The summed E-state index contributed by atoms with van der Waals surface area (Å²) >= 11 is 1.34. The molecule has 0 spiro atoms. The van der Waals surface area contributed by atoms with Gasteiger partial charge in [-0.05, 0) is 13.0 Å². The molecular weight excluding hydrogens is 269 g/mol. The maximum Gasteiger partial charge on any atom is 0.305 e. The van der Waals surface area contributed by atoms with E-state index in [1.54, 1.807) is 25.1 Å². The molecule has 1 amide bonds. The number of halogens is 1. The van der Waals surface area contributed by atoms with Crippen LogP contribution in [0.5, 0.6) is 0 Å². The molecule has 19 heavy (non-hydrogen) atoms. The Bertz CT molecular complexity index is 508. The number of benzene rings is 1. The summed E-state index contributed by atoms with van der Waals surface area (Å²) in [5.74, 6) is -1.48. The molecule has 1 fully saturated rings. The average molecular weight is 283 g/mol. The Kier molecular flexibility index (Phi) is 4.09. The van der Waals surface area contributed by atoms with E-state index in [0.29, 0.717) is 5.56 Å². The number of carboxylic acids is 1. The number of aliphatic carboxylic acids is 1. The van der Waals surface area contributed by atoms with Gasteiger partial charge in [0.15, 0.2) is 0 Å². The first-order valence-electron chi connectivity index (χ1n) is 5.93. The van der Waals surface area contributed by atoms with E-state index in [1.165, 1.54) is 22.7 Å². The molecule has 1 aliphatic heterocycles. The van der Waals surface area contributed by atoms with E-state index < -0.39 is 11.3 Å². The van der Waals surface area contributed by atoms with Crippen LogP contribution >= 0.6 is 11.8 Å². The van der Waals surface area contributed by atoms with Crippen LogP contribution in [0, 0.1) is 5.82 Å². The summed E-state index contributed by atoms with van der Waals surface area (Å²) in [6.45, 7) is 1.85. The molecule has 102 valence electrons. The van der Waals surface area contributed by atoms with Gasteiger partial charge in [0.1, 0.15) is 11.2 Å². The molecule has 0 aliphatic carbocycles. The SMILES string of the molecule is CC1SC(c2ccccc2F)N(CCC(=O)O)C1=O. The van der Waals surface area contributed by atoms with Crippen LogP contribution in [0.3, 0.4) is 0 Å². The standard InChI is InChI=1S/C13H14FNO3S/c1-8-12(18)15(7-6-11(16)17)13(19-8)9-4-2-3-5-10(9)14/h2-5,8,13H,6-7H2,1H3,(H,16,17). The average Bonchev–Trinajstić information content (AvgIpc) is 2.64. The molecule has 2 unspecified atom stereocenters. The third-order valence-corrected chi connectivity index (χ3v) is 4.36. The van der Waals surface area contributed by atoms with Crippen molar-refractivity contribution in [1.82, 2.24) is 4.90 Å². The molecule has 1 aliphatic rings. The molecule has 0 aromatic heterocycles. The highest BCUT2D eigenvalue weighted by atomic mass is 32.2. The van der Waals surface area contributed by atoms with Crippen LogP contribution in [0.1, 0.15) is 24.3 Å². The predicted octanol–water partition coefficient (Wildman–Crippen LogP) is 2.26. The Labute approximate surface area is 114 Å². The lowest BCUT2D eigenvalue weighted by Crippen LogP contribution is -2.32. The molecule has 1 aromatic carbocycles. The third kappa shape index (κ3) is 2.89. The summed E-state index contributed by atoms with van der Waals surface area (Å²) in [4.78, 5) is 24.1. The van der Waals surface area contributed by atoms with Gasteiger partial charge in [0.25, 0.3) is 0 Å². The first kappa shape index (κ1) is 13.9. The van der Waals surface area contributed by atoms with E-state index in [4.69, 9.17) is 5.11 Å². The lowest BCUT2D eigenvalue weighted by Gasteiger charge is -2.23. The maximum absolute atomic E-state index is 13.8. The van der Waals surface area contributed by atoms with Gasteiger partial charge in [-0.2, -0.15) is 0 Å². The minimum absolute atomic E-state index is 0.102. The van der Waals surface area contributed by atoms with Crippen molar-refractivity contribution >= 4 is 23.6 Å². The molecule has 2 atom stereocenters. The van der Waals surface area contributed by atoms with Crippen LogP contribution in [-0.4, -0.2) is 33.7 Å². The minimum atomic E-state index is -0.968. The highest BCUT2D eigenvalue weighted by Gasteiger charge is 2.39. The van der Waals surface area contributed by atoms with E-state index in [1.807, 2.05) is 0 Å². The molecule has 0 saturated carbocycles. The molecule has 2 rings (SSSR count). The second-order valence-corrected chi connectivity index (χ2v) is 5.75. The molecule has 1 aromatic rings. The third-order valence-electron chi connectivity index (χ3n) is 2.98. The number of carbonyl (C=O) groups is 2. The largest absolute Gasteiger partial charge is 0.481 e. The van der Waals surface area contributed by atoms with Gasteiger partial charge < -0.3 is 10.0 Å². The van der Waals surface area contributed by atoms with Crippen molar-refractivity contribution in [3.05, 3.63) is 35.6 Å². The summed E-state index contributed by atoms with van der Waals surface area (Å²) in [5.41, 5.74) is 0.426. The van der Waals surface area contributed by atoms with Crippen molar-refractivity contribution in [3.8, 4) is 0 Å². The number of thioether (sulfide) groups is 1. The zero-order valence-corrected chi connectivity index (χ0v) is 11.2. The lowest BCUT2D eigenvalue weighted by atomic mass is 10.2. The molecule has 0 radical (unpaired) electrons. The highest BCUT2D eigenvalue weighted by Crippen LogP contribution is 2.43. The Morgan fingerprint density at radius 1 is 1.47 bits per heavy atom. The number of carboxylic acid groups (broad SMARTS) is 1. The summed E-state index contributed by atoms with van der Waals surface area (Å²) in [5, 5.41) is 8.00. The zero-order chi connectivity index (χ0) is 14.0. The number of hydrogen-bond acceptors (Lipinski definition) is 3. The first-order valence-corrected chi connectivity index (χ1v) is 6.87. The number of hydrogen-bond donors (Lipinski definition) is 1. The van der Waals surface area contributed by atoms with Gasteiger partial charge in [0, 0.05) is 12.1 Å². The van der Waals surface area contributed by atoms with Crippen molar-refractivity contribution in [2.45, 2.75) is 24.0 Å². The van der Waals surface area contributed by atoms with Gasteiger partial charge in [0.05, 0.1) is 11.7 Å². The number of nitrogens with zero attached hydrogens (tertiary/aromatic N) is 1. The van der Waals surface area contributed by atoms with Crippen molar-refractivity contribution in [1.29, 1.82) is 0 Å². The second-order valence-electron chi connectivity index (χ2n) is 4.33. The fourth-order valence-electron chi connectivity index (χ4n) is 2.03. The predicted molar refractivity (Wildman–Crippen MR) is 70.2 cm³/mol. The molecule has 0 bridgehead atoms. The van der Waals surface area contributed by atoms with Gasteiger partial charge in [-0.25, -0.2) is 4.39 Å². The summed E-state index contributed by atoms with van der Waals surface area (Å²) < 4.78 is 13.8. The van der Waals surface area contributed by atoms with E-state index in [0.717, 1.165) is 0 Å². The van der Waals surface area contributed by atoms with Crippen LogP contribution in [-0.2, 0) is 9.59 Å². The zero-order valence-electron chi connectivity index (χ0n) is 10.4. The number of carbonyl (C=O) groups excluding carboxylic acids is 1. The Hall–Kier alpha value is -1.56. The Morgan fingerprint density at radius 3 is 2.79 bits per heavy atom. The van der Waals surface area contributed by atoms with Gasteiger partial charge in [-0.1, -0.05) is 18.2 Å².